The highest BCUT2D eigenvalue weighted by atomic mass is 16.6. The Hall–Kier alpha value is -0.770. The van der Waals surface area contributed by atoms with E-state index in [-0.39, 0.29) is 17.6 Å². The third kappa shape index (κ3) is 5.81. The summed E-state index contributed by atoms with van der Waals surface area (Å²) >= 11 is 0. The number of ether oxygens (including phenoxy) is 1. The smallest absolute Gasteiger partial charge is 0.410 e. The Balaban J connectivity index is 2.61. The predicted molar refractivity (Wildman–Crippen MR) is 76.0 cm³/mol. The highest BCUT2D eigenvalue weighted by Gasteiger charge is 2.36. The first-order valence-electron chi connectivity index (χ1n) is 7.16. The van der Waals surface area contributed by atoms with Crippen LogP contribution in [0.3, 0.4) is 0 Å². The normalized spacial score (nSPS) is 24.7. The molecule has 4 heteroatoms. The van der Waals surface area contributed by atoms with Crippen LogP contribution in [0, 0.1) is 5.41 Å². The van der Waals surface area contributed by atoms with Crippen LogP contribution in [0.1, 0.15) is 60.8 Å². The summed E-state index contributed by atoms with van der Waals surface area (Å²) in [6.45, 7) is 12.6. The van der Waals surface area contributed by atoms with Gasteiger partial charge in [-0.05, 0) is 45.4 Å². The Kier molecular flexibility index (Phi) is 4.88. The van der Waals surface area contributed by atoms with Crippen LogP contribution in [0.15, 0.2) is 0 Å². The Morgan fingerprint density at radius 1 is 1.26 bits per heavy atom. The van der Waals surface area contributed by atoms with E-state index >= 15 is 0 Å². The van der Waals surface area contributed by atoms with E-state index in [0.717, 1.165) is 12.8 Å². The second-order valence-electron chi connectivity index (χ2n) is 7.78. The Bertz CT molecular complexity index is 314. The fourth-order valence-corrected chi connectivity index (χ4v) is 2.31. The van der Waals surface area contributed by atoms with Gasteiger partial charge in [0.1, 0.15) is 5.60 Å². The van der Waals surface area contributed by atoms with Crippen molar-refractivity contribution in [1.29, 1.82) is 0 Å². The molecule has 0 bridgehead atoms. The molecule has 19 heavy (non-hydrogen) atoms. The van der Waals surface area contributed by atoms with Gasteiger partial charge in [0.25, 0.3) is 0 Å². The van der Waals surface area contributed by atoms with Gasteiger partial charge in [0.2, 0.25) is 0 Å². The molecule has 1 fully saturated rings. The molecule has 112 valence electrons. The second-order valence-corrected chi connectivity index (χ2v) is 7.78. The number of hydrogen-bond acceptors (Lipinski definition) is 3. The van der Waals surface area contributed by atoms with Crippen LogP contribution < -0.4 is 0 Å². The molecule has 0 aromatic rings. The fourth-order valence-electron chi connectivity index (χ4n) is 2.31. The molecule has 1 N–H and O–H groups in total. The van der Waals surface area contributed by atoms with Gasteiger partial charge in [-0.15, -0.1) is 0 Å². The molecular formula is C15H29NO3. The van der Waals surface area contributed by atoms with Crippen molar-refractivity contribution in [3.8, 4) is 0 Å². The maximum absolute atomic E-state index is 12.1. The van der Waals surface area contributed by atoms with Gasteiger partial charge in [-0.3, -0.25) is 0 Å². The zero-order valence-electron chi connectivity index (χ0n) is 13.2. The summed E-state index contributed by atoms with van der Waals surface area (Å²) in [5.41, 5.74) is -0.244. The Morgan fingerprint density at radius 2 is 1.84 bits per heavy atom. The number of carbonyl (C=O) groups is 1. The first kappa shape index (κ1) is 16.3. The molecule has 0 saturated carbocycles. The van der Waals surface area contributed by atoms with Gasteiger partial charge in [0, 0.05) is 6.04 Å². The van der Waals surface area contributed by atoms with Gasteiger partial charge < -0.3 is 14.7 Å². The molecule has 1 amide bonds. The molecule has 0 aromatic carbocycles. The van der Waals surface area contributed by atoms with Crippen LogP contribution in [-0.4, -0.2) is 40.4 Å². The lowest BCUT2D eigenvalue weighted by atomic mass is 9.88. The van der Waals surface area contributed by atoms with Crippen LogP contribution in [0.5, 0.6) is 0 Å². The molecule has 2 atom stereocenters. The summed E-state index contributed by atoms with van der Waals surface area (Å²) in [5.74, 6) is 0. The largest absolute Gasteiger partial charge is 0.444 e. The van der Waals surface area contributed by atoms with Crippen molar-refractivity contribution >= 4 is 6.09 Å². The standard InChI is InChI=1S/C15H29NO3/c1-14(2,3)8-7-11-9-12(17)10-16(11)13(18)19-15(4,5)6/h11-12,17H,7-10H2,1-6H3. The first-order valence-corrected chi connectivity index (χ1v) is 7.16. The molecule has 1 aliphatic heterocycles. The molecule has 0 aromatic heterocycles. The minimum absolute atomic E-state index is 0.101. The van der Waals surface area contributed by atoms with E-state index in [1.165, 1.54) is 0 Å². The molecule has 1 rings (SSSR count). The maximum Gasteiger partial charge on any atom is 0.410 e. The topological polar surface area (TPSA) is 49.8 Å². The van der Waals surface area contributed by atoms with Gasteiger partial charge in [0.15, 0.2) is 0 Å². The molecule has 0 radical (unpaired) electrons. The maximum atomic E-state index is 12.1. The number of likely N-dealkylation sites (tertiary alicyclic amines) is 1. The summed E-state index contributed by atoms with van der Waals surface area (Å²) in [5, 5.41) is 9.80. The van der Waals surface area contributed by atoms with E-state index in [0.29, 0.717) is 13.0 Å². The lowest BCUT2D eigenvalue weighted by Crippen LogP contribution is -2.40. The highest BCUT2D eigenvalue weighted by Crippen LogP contribution is 2.29. The van der Waals surface area contributed by atoms with Crippen molar-refractivity contribution in [3.05, 3.63) is 0 Å². The summed E-state index contributed by atoms with van der Waals surface area (Å²) in [6, 6.07) is 0.101. The third-order valence-electron chi connectivity index (χ3n) is 3.25. The number of carbonyl (C=O) groups excluding carboxylic acids is 1. The summed E-state index contributed by atoms with van der Waals surface area (Å²) in [6.07, 6.45) is 1.89. The van der Waals surface area contributed by atoms with Crippen molar-refractivity contribution < 1.29 is 14.6 Å². The third-order valence-corrected chi connectivity index (χ3v) is 3.25. The number of aliphatic hydroxyl groups is 1. The number of hydrogen-bond donors (Lipinski definition) is 1. The number of β-amino-alcohol motifs (C(OH)–C–C–N with tert-alkyl or cyclic N) is 1. The number of amides is 1. The van der Waals surface area contributed by atoms with E-state index in [1.54, 1.807) is 4.90 Å². The van der Waals surface area contributed by atoms with Gasteiger partial charge in [-0.25, -0.2) is 4.79 Å². The van der Waals surface area contributed by atoms with Crippen molar-refractivity contribution in [2.24, 2.45) is 5.41 Å². The molecule has 2 unspecified atom stereocenters. The van der Waals surface area contributed by atoms with E-state index in [9.17, 15) is 9.90 Å². The van der Waals surface area contributed by atoms with Crippen molar-refractivity contribution in [1.82, 2.24) is 4.90 Å². The predicted octanol–water partition coefficient (Wildman–Crippen LogP) is 3.18. The first-order chi connectivity index (χ1) is 8.48. The zero-order chi connectivity index (χ0) is 14.8. The van der Waals surface area contributed by atoms with Gasteiger partial charge in [0.05, 0.1) is 12.6 Å². The molecule has 1 aliphatic rings. The highest BCUT2D eigenvalue weighted by molar-refractivity contribution is 5.69. The minimum Gasteiger partial charge on any atom is -0.444 e. The Labute approximate surface area is 117 Å². The second kappa shape index (κ2) is 5.70. The molecule has 1 heterocycles. The van der Waals surface area contributed by atoms with Crippen molar-refractivity contribution in [2.75, 3.05) is 6.54 Å². The average Bonchev–Trinajstić information content (AvgIpc) is 2.53. The van der Waals surface area contributed by atoms with Crippen LogP contribution >= 0.6 is 0 Å². The fraction of sp³-hybridized carbons (Fsp3) is 0.933. The minimum atomic E-state index is -0.487. The summed E-state index contributed by atoms with van der Waals surface area (Å²) in [7, 11) is 0. The molecule has 1 saturated heterocycles. The molecule has 0 aliphatic carbocycles. The average molecular weight is 271 g/mol. The summed E-state index contributed by atoms with van der Waals surface area (Å²) < 4.78 is 5.41. The molecule has 0 spiro atoms. The molecular weight excluding hydrogens is 242 g/mol. The van der Waals surface area contributed by atoms with Gasteiger partial charge in [-0.2, -0.15) is 0 Å². The number of nitrogens with zero attached hydrogens (tertiary/aromatic N) is 1. The van der Waals surface area contributed by atoms with E-state index in [1.807, 2.05) is 20.8 Å². The quantitative estimate of drug-likeness (QED) is 0.839. The lowest BCUT2D eigenvalue weighted by molar-refractivity contribution is 0.0195. The van der Waals surface area contributed by atoms with Crippen molar-refractivity contribution in [3.63, 3.8) is 0 Å². The summed E-state index contributed by atoms with van der Waals surface area (Å²) in [4.78, 5) is 13.8. The van der Waals surface area contributed by atoms with Gasteiger partial charge in [-0.1, -0.05) is 20.8 Å². The van der Waals surface area contributed by atoms with Crippen LogP contribution in [-0.2, 0) is 4.74 Å². The number of rotatable bonds is 2. The monoisotopic (exact) mass is 271 g/mol. The SMILES string of the molecule is CC(C)(C)CCC1CC(O)CN1C(=O)OC(C)(C)C. The van der Waals surface area contributed by atoms with Crippen LogP contribution in [0.2, 0.25) is 0 Å². The van der Waals surface area contributed by atoms with E-state index < -0.39 is 11.7 Å². The van der Waals surface area contributed by atoms with Gasteiger partial charge >= 0.3 is 6.09 Å². The van der Waals surface area contributed by atoms with Crippen molar-refractivity contribution in [2.45, 2.75) is 78.6 Å². The molecule has 4 nitrogen and oxygen atoms in total. The van der Waals surface area contributed by atoms with Crippen LogP contribution in [0.4, 0.5) is 4.79 Å². The van der Waals surface area contributed by atoms with E-state index in [2.05, 4.69) is 20.8 Å². The lowest BCUT2D eigenvalue weighted by Gasteiger charge is -2.30. The van der Waals surface area contributed by atoms with E-state index in [4.69, 9.17) is 4.74 Å². The number of aliphatic hydroxyl groups excluding tert-OH is 1. The Morgan fingerprint density at radius 3 is 2.32 bits per heavy atom. The van der Waals surface area contributed by atoms with Crippen LogP contribution in [0.25, 0.3) is 0 Å². The zero-order valence-corrected chi connectivity index (χ0v) is 13.2.